The number of hydrogen-bond acceptors (Lipinski definition) is 3. The van der Waals surface area contributed by atoms with Gasteiger partial charge in [0, 0.05) is 13.6 Å². The van der Waals surface area contributed by atoms with Crippen LogP contribution in [0.4, 0.5) is 10.7 Å². The summed E-state index contributed by atoms with van der Waals surface area (Å²) in [4.78, 5) is 15.9. The Hall–Kier alpha value is -1.59. The van der Waals surface area contributed by atoms with Crippen LogP contribution in [0.15, 0.2) is 0 Å². The van der Waals surface area contributed by atoms with Gasteiger partial charge in [-0.1, -0.05) is 38.5 Å². The van der Waals surface area contributed by atoms with Gasteiger partial charge < -0.3 is 5.32 Å². The number of aryl methyl sites for hydroxylation is 2. The Bertz CT molecular complexity index is 415. The molecule has 1 saturated carbocycles. The third-order valence-electron chi connectivity index (χ3n) is 4.02. The Labute approximate surface area is 120 Å². The number of aromatic nitrogens is 3. The van der Waals surface area contributed by atoms with Gasteiger partial charge in [-0.15, -0.1) is 5.10 Å². The van der Waals surface area contributed by atoms with Crippen LogP contribution in [0.5, 0.6) is 0 Å². The molecule has 0 saturated heterocycles. The number of urea groups is 1. The minimum atomic E-state index is -0.218. The molecule has 0 aromatic carbocycles. The number of rotatable bonds is 4. The van der Waals surface area contributed by atoms with Gasteiger partial charge in [0.1, 0.15) is 5.82 Å². The fourth-order valence-corrected chi connectivity index (χ4v) is 2.70. The van der Waals surface area contributed by atoms with E-state index < -0.39 is 0 Å². The minimum absolute atomic E-state index is 0.218. The molecule has 0 atom stereocenters. The molecular weight excluding hydrogens is 254 g/mol. The van der Waals surface area contributed by atoms with Crippen LogP contribution in [0.2, 0.25) is 0 Å². The number of carbonyl (C=O) groups is 1. The van der Waals surface area contributed by atoms with Crippen molar-refractivity contribution in [3.63, 3.8) is 0 Å². The first-order valence-electron chi connectivity index (χ1n) is 7.57. The van der Waals surface area contributed by atoms with E-state index in [2.05, 4.69) is 20.7 Å². The molecular formula is C14H25N5O. The standard InChI is InChI=1S/C14H25N5O/c1-11-16-13(18-19(11)2)17-14(20)15-10-9-12-7-5-3-4-6-8-12/h12H,3-10H2,1-2H3,(H2,15,17,18,20). The number of anilines is 1. The van der Waals surface area contributed by atoms with Crippen molar-refractivity contribution in [2.45, 2.75) is 51.9 Å². The second-order valence-corrected chi connectivity index (χ2v) is 5.63. The van der Waals surface area contributed by atoms with Crippen LogP contribution in [0.25, 0.3) is 0 Å². The summed E-state index contributed by atoms with van der Waals surface area (Å²) >= 11 is 0. The number of carbonyl (C=O) groups excluding carboxylic acids is 1. The predicted octanol–water partition coefficient (Wildman–Crippen LogP) is 2.61. The summed E-state index contributed by atoms with van der Waals surface area (Å²) in [5, 5.41) is 9.64. The molecule has 1 fully saturated rings. The normalized spacial score (nSPS) is 16.7. The first-order valence-corrected chi connectivity index (χ1v) is 7.57. The molecule has 1 heterocycles. The van der Waals surface area contributed by atoms with E-state index in [0.29, 0.717) is 5.95 Å². The maximum Gasteiger partial charge on any atom is 0.321 e. The summed E-state index contributed by atoms with van der Waals surface area (Å²) in [6.07, 6.45) is 9.11. The second-order valence-electron chi connectivity index (χ2n) is 5.63. The predicted molar refractivity (Wildman–Crippen MR) is 78.6 cm³/mol. The van der Waals surface area contributed by atoms with Crippen molar-refractivity contribution in [3.8, 4) is 0 Å². The number of nitrogens with zero attached hydrogens (tertiary/aromatic N) is 3. The lowest BCUT2D eigenvalue weighted by atomic mass is 9.97. The molecule has 2 N–H and O–H groups in total. The molecule has 1 aromatic rings. The summed E-state index contributed by atoms with van der Waals surface area (Å²) in [7, 11) is 1.80. The van der Waals surface area contributed by atoms with E-state index >= 15 is 0 Å². The highest BCUT2D eigenvalue weighted by molar-refractivity contribution is 5.87. The summed E-state index contributed by atoms with van der Waals surface area (Å²) in [6.45, 7) is 2.57. The molecule has 20 heavy (non-hydrogen) atoms. The fraction of sp³-hybridized carbons (Fsp3) is 0.786. The molecule has 0 bridgehead atoms. The molecule has 112 valence electrons. The molecule has 6 heteroatoms. The summed E-state index contributed by atoms with van der Waals surface area (Å²) in [6, 6.07) is -0.218. The maximum atomic E-state index is 11.7. The Morgan fingerprint density at radius 1 is 1.30 bits per heavy atom. The Balaban J connectivity index is 1.67. The number of nitrogens with one attached hydrogen (secondary N) is 2. The van der Waals surface area contributed by atoms with Crippen molar-refractivity contribution in [2.75, 3.05) is 11.9 Å². The van der Waals surface area contributed by atoms with Crippen molar-refractivity contribution in [1.29, 1.82) is 0 Å². The average Bonchev–Trinajstić information content (AvgIpc) is 2.62. The molecule has 0 aliphatic heterocycles. The van der Waals surface area contributed by atoms with Gasteiger partial charge in [0.05, 0.1) is 0 Å². The maximum absolute atomic E-state index is 11.7. The summed E-state index contributed by atoms with van der Waals surface area (Å²) in [5.74, 6) is 1.91. The quantitative estimate of drug-likeness (QED) is 0.832. The number of amides is 2. The monoisotopic (exact) mass is 279 g/mol. The lowest BCUT2D eigenvalue weighted by Gasteiger charge is -2.13. The van der Waals surface area contributed by atoms with Crippen molar-refractivity contribution < 1.29 is 4.79 Å². The van der Waals surface area contributed by atoms with Crippen molar-refractivity contribution in [1.82, 2.24) is 20.1 Å². The van der Waals surface area contributed by atoms with Crippen LogP contribution in [0.3, 0.4) is 0 Å². The summed E-state index contributed by atoms with van der Waals surface area (Å²) < 4.78 is 1.64. The molecule has 2 rings (SSSR count). The van der Waals surface area contributed by atoms with E-state index in [-0.39, 0.29) is 6.03 Å². The van der Waals surface area contributed by atoms with Gasteiger partial charge >= 0.3 is 6.03 Å². The highest BCUT2D eigenvalue weighted by Gasteiger charge is 2.13. The van der Waals surface area contributed by atoms with Crippen LogP contribution < -0.4 is 10.6 Å². The Morgan fingerprint density at radius 2 is 2.00 bits per heavy atom. The molecule has 1 aromatic heterocycles. The van der Waals surface area contributed by atoms with E-state index in [1.165, 1.54) is 38.5 Å². The highest BCUT2D eigenvalue weighted by atomic mass is 16.2. The van der Waals surface area contributed by atoms with Gasteiger partial charge in [-0.25, -0.2) is 4.79 Å². The first kappa shape index (κ1) is 14.8. The van der Waals surface area contributed by atoms with Crippen LogP contribution in [0.1, 0.15) is 50.8 Å². The van der Waals surface area contributed by atoms with E-state index in [1.54, 1.807) is 11.7 Å². The van der Waals surface area contributed by atoms with Crippen LogP contribution in [0, 0.1) is 12.8 Å². The second kappa shape index (κ2) is 7.26. The molecule has 0 unspecified atom stereocenters. The van der Waals surface area contributed by atoms with Crippen molar-refractivity contribution >= 4 is 12.0 Å². The third kappa shape index (κ3) is 4.51. The van der Waals surface area contributed by atoms with E-state index in [0.717, 1.165) is 24.7 Å². The first-order chi connectivity index (χ1) is 9.65. The molecule has 2 amide bonds. The molecule has 0 spiro atoms. The van der Waals surface area contributed by atoms with E-state index in [9.17, 15) is 4.79 Å². The average molecular weight is 279 g/mol. The molecule has 1 aliphatic carbocycles. The molecule has 1 aliphatic rings. The fourth-order valence-electron chi connectivity index (χ4n) is 2.70. The van der Waals surface area contributed by atoms with Gasteiger partial charge in [0.2, 0.25) is 5.95 Å². The minimum Gasteiger partial charge on any atom is -0.338 e. The SMILES string of the molecule is Cc1nc(NC(=O)NCCC2CCCCCC2)nn1C. The topological polar surface area (TPSA) is 71.8 Å². The Kier molecular flexibility index (Phi) is 5.38. The van der Waals surface area contributed by atoms with Crippen molar-refractivity contribution in [3.05, 3.63) is 5.82 Å². The van der Waals surface area contributed by atoms with Gasteiger partial charge in [0.15, 0.2) is 0 Å². The lowest BCUT2D eigenvalue weighted by Crippen LogP contribution is -2.31. The molecule has 0 radical (unpaired) electrons. The van der Waals surface area contributed by atoms with Crippen LogP contribution >= 0.6 is 0 Å². The largest absolute Gasteiger partial charge is 0.338 e. The highest BCUT2D eigenvalue weighted by Crippen LogP contribution is 2.24. The van der Waals surface area contributed by atoms with Gasteiger partial charge in [-0.05, 0) is 19.3 Å². The zero-order valence-electron chi connectivity index (χ0n) is 12.5. The third-order valence-corrected chi connectivity index (χ3v) is 4.02. The van der Waals surface area contributed by atoms with Gasteiger partial charge in [-0.3, -0.25) is 10.00 Å². The van der Waals surface area contributed by atoms with Gasteiger partial charge in [0.25, 0.3) is 0 Å². The van der Waals surface area contributed by atoms with E-state index in [1.807, 2.05) is 6.92 Å². The van der Waals surface area contributed by atoms with Crippen molar-refractivity contribution in [2.24, 2.45) is 13.0 Å². The van der Waals surface area contributed by atoms with Gasteiger partial charge in [-0.2, -0.15) is 4.98 Å². The zero-order valence-corrected chi connectivity index (χ0v) is 12.5. The Morgan fingerprint density at radius 3 is 2.60 bits per heavy atom. The lowest BCUT2D eigenvalue weighted by molar-refractivity contribution is 0.250. The van der Waals surface area contributed by atoms with Crippen LogP contribution in [-0.2, 0) is 7.05 Å². The molecule has 6 nitrogen and oxygen atoms in total. The summed E-state index contributed by atoms with van der Waals surface area (Å²) in [5.41, 5.74) is 0. The van der Waals surface area contributed by atoms with E-state index in [4.69, 9.17) is 0 Å². The zero-order chi connectivity index (χ0) is 14.4. The number of hydrogen-bond donors (Lipinski definition) is 2. The van der Waals surface area contributed by atoms with Crippen LogP contribution in [-0.4, -0.2) is 27.3 Å². The smallest absolute Gasteiger partial charge is 0.321 e.